The first-order chi connectivity index (χ1) is 15.1. The predicted molar refractivity (Wildman–Crippen MR) is 119 cm³/mol. The Morgan fingerprint density at radius 1 is 1.22 bits per heavy atom. The standard InChI is InChI=1S/C23H21N3O5S/c1-23(2,3)31-22(28)25-16-7-5-4-6-15(16)17-19(27)18(26(29)30)20(32-21(17)25)14-10-8-13(12-24)9-11-14/h4-11,18-20,27H,1-3H3/t18-,19-,20+/m0/s1. The molecule has 0 aliphatic carbocycles. The van der Waals surface area contributed by atoms with Crippen LogP contribution >= 0.6 is 11.8 Å². The van der Waals surface area contributed by atoms with Gasteiger partial charge in [0.25, 0.3) is 6.04 Å². The molecule has 1 N–H and O–H groups in total. The third-order valence-electron chi connectivity index (χ3n) is 5.22. The van der Waals surface area contributed by atoms with Gasteiger partial charge in [-0.1, -0.05) is 42.1 Å². The van der Waals surface area contributed by atoms with Gasteiger partial charge in [-0.3, -0.25) is 10.1 Å². The van der Waals surface area contributed by atoms with Crippen LogP contribution in [0.1, 0.15) is 48.8 Å². The molecule has 0 fully saturated rings. The largest absolute Gasteiger partial charge is 0.443 e. The summed E-state index contributed by atoms with van der Waals surface area (Å²) in [7, 11) is 0. The Labute approximate surface area is 188 Å². The summed E-state index contributed by atoms with van der Waals surface area (Å²) < 4.78 is 6.98. The summed E-state index contributed by atoms with van der Waals surface area (Å²) in [5.41, 5.74) is 1.13. The van der Waals surface area contributed by atoms with E-state index in [-0.39, 0.29) is 0 Å². The molecule has 3 atom stereocenters. The van der Waals surface area contributed by atoms with Crippen LogP contribution in [0.15, 0.2) is 53.6 Å². The van der Waals surface area contributed by atoms with E-state index in [1.807, 2.05) is 6.07 Å². The summed E-state index contributed by atoms with van der Waals surface area (Å²) in [6.45, 7) is 5.27. The molecule has 32 heavy (non-hydrogen) atoms. The fourth-order valence-electron chi connectivity index (χ4n) is 3.90. The van der Waals surface area contributed by atoms with Crippen LogP contribution in [0.25, 0.3) is 10.9 Å². The van der Waals surface area contributed by atoms with Gasteiger partial charge in [-0.15, -0.1) is 0 Å². The topological polar surface area (TPSA) is 118 Å². The molecule has 3 aromatic rings. The highest BCUT2D eigenvalue weighted by Crippen LogP contribution is 2.53. The number of thioether (sulfide) groups is 1. The number of aliphatic hydroxyl groups excluding tert-OH is 1. The van der Waals surface area contributed by atoms with E-state index >= 15 is 0 Å². The van der Waals surface area contributed by atoms with Gasteiger partial charge in [-0.25, -0.2) is 9.36 Å². The van der Waals surface area contributed by atoms with E-state index in [1.165, 1.54) is 4.57 Å². The van der Waals surface area contributed by atoms with Gasteiger partial charge in [0.05, 0.1) is 22.2 Å². The number of ether oxygens (including phenoxy) is 1. The normalized spacial score (nSPS) is 20.4. The Morgan fingerprint density at radius 3 is 2.47 bits per heavy atom. The van der Waals surface area contributed by atoms with E-state index in [0.717, 1.165) is 11.8 Å². The Hall–Kier alpha value is -3.35. The van der Waals surface area contributed by atoms with Gasteiger partial charge < -0.3 is 9.84 Å². The highest BCUT2D eigenvalue weighted by atomic mass is 32.2. The first-order valence-electron chi connectivity index (χ1n) is 9.97. The third-order valence-corrected chi connectivity index (χ3v) is 6.66. The zero-order valence-corrected chi connectivity index (χ0v) is 18.5. The summed E-state index contributed by atoms with van der Waals surface area (Å²) in [5.74, 6) is 0. The Morgan fingerprint density at radius 2 is 1.88 bits per heavy atom. The minimum absolute atomic E-state index is 0.350. The van der Waals surface area contributed by atoms with E-state index < -0.39 is 34.0 Å². The first kappa shape index (κ1) is 21.9. The van der Waals surface area contributed by atoms with E-state index in [4.69, 9.17) is 10.00 Å². The number of hydrogen-bond donors (Lipinski definition) is 1. The molecule has 164 valence electrons. The highest BCUT2D eigenvalue weighted by Gasteiger charge is 2.49. The molecular weight excluding hydrogens is 430 g/mol. The number of nitriles is 1. The number of hydrogen-bond acceptors (Lipinski definition) is 7. The zero-order chi connectivity index (χ0) is 23.2. The zero-order valence-electron chi connectivity index (χ0n) is 17.7. The maximum Gasteiger partial charge on any atom is 0.419 e. The van der Waals surface area contributed by atoms with Gasteiger partial charge in [0.1, 0.15) is 10.9 Å². The van der Waals surface area contributed by atoms with Crippen molar-refractivity contribution in [3.63, 3.8) is 0 Å². The molecule has 0 saturated carbocycles. The number of para-hydroxylation sites is 1. The van der Waals surface area contributed by atoms with Crippen LogP contribution in [0.2, 0.25) is 0 Å². The van der Waals surface area contributed by atoms with Gasteiger partial charge in [-0.2, -0.15) is 5.26 Å². The molecule has 0 radical (unpaired) electrons. The second-order valence-corrected chi connectivity index (χ2v) is 9.68. The fraction of sp³-hybridized carbons (Fsp3) is 0.304. The molecule has 0 bridgehead atoms. The fourth-order valence-corrected chi connectivity index (χ4v) is 5.45. The minimum atomic E-state index is -1.43. The molecule has 0 unspecified atom stereocenters. The first-order valence-corrected chi connectivity index (χ1v) is 10.9. The van der Waals surface area contributed by atoms with Gasteiger partial charge >= 0.3 is 6.09 Å². The minimum Gasteiger partial charge on any atom is -0.443 e. The molecule has 8 nitrogen and oxygen atoms in total. The molecule has 1 aliphatic heterocycles. The lowest BCUT2D eigenvalue weighted by Gasteiger charge is -2.30. The van der Waals surface area contributed by atoms with Gasteiger partial charge in [0.15, 0.2) is 6.10 Å². The second-order valence-electron chi connectivity index (χ2n) is 8.54. The number of carbonyl (C=O) groups excluding carboxylic acids is 1. The van der Waals surface area contributed by atoms with Crippen molar-refractivity contribution in [1.82, 2.24) is 4.57 Å². The van der Waals surface area contributed by atoms with Gasteiger partial charge in [0, 0.05) is 15.9 Å². The van der Waals surface area contributed by atoms with Crippen molar-refractivity contribution >= 4 is 28.8 Å². The Kier molecular flexibility index (Phi) is 5.44. The monoisotopic (exact) mass is 451 g/mol. The predicted octanol–water partition coefficient (Wildman–Crippen LogP) is 4.82. The molecule has 0 spiro atoms. The van der Waals surface area contributed by atoms with Crippen molar-refractivity contribution in [1.29, 1.82) is 5.26 Å². The molecular formula is C23H21N3O5S. The van der Waals surface area contributed by atoms with Crippen molar-refractivity contribution in [2.45, 2.75) is 48.8 Å². The smallest absolute Gasteiger partial charge is 0.419 e. The summed E-state index contributed by atoms with van der Waals surface area (Å²) in [4.78, 5) is 24.7. The maximum absolute atomic E-state index is 13.1. The van der Waals surface area contributed by atoms with Crippen LogP contribution in [-0.2, 0) is 4.74 Å². The summed E-state index contributed by atoms with van der Waals surface area (Å²) in [6.07, 6.45) is -2.05. The van der Waals surface area contributed by atoms with Gasteiger partial charge in [-0.05, 0) is 44.5 Å². The van der Waals surface area contributed by atoms with Crippen LogP contribution in [0.3, 0.4) is 0 Å². The summed E-state index contributed by atoms with van der Waals surface area (Å²) in [6, 6.07) is 14.1. The number of benzene rings is 2. The van der Waals surface area contributed by atoms with Crippen LogP contribution in [0.5, 0.6) is 0 Å². The Bertz CT molecular complexity index is 1250. The van der Waals surface area contributed by atoms with Crippen molar-refractivity contribution in [2.75, 3.05) is 0 Å². The molecule has 0 amide bonds. The van der Waals surface area contributed by atoms with E-state index in [2.05, 4.69) is 0 Å². The van der Waals surface area contributed by atoms with Gasteiger partial charge in [0.2, 0.25) is 0 Å². The van der Waals surface area contributed by atoms with Crippen molar-refractivity contribution in [3.8, 4) is 6.07 Å². The molecule has 1 aromatic heterocycles. The maximum atomic E-state index is 13.1. The summed E-state index contributed by atoms with van der Waals surface area (Å²) in [5, 5.41) is 32.5. The molecule has 2 aromatic carbocycles. The Balaban J connectivity index is 1.92. The number of carbonyl (C=O) groups is 1. The van der Waals surface area contributed by atoms with Crippen LogP contribution in [0.4, 0.5) is 4.79 Å². The number of rotatable bonds is 2. The average molecular weight is 452 g/mol. The molecule has 2 heterocycles. The lowest BCUT2D eigenvalue weighted by atomic mass is 9.94. The van der Waals surface area contributed by atoms with E-state index in [1.54, 1.807) is 69.3 Å². The highest BCUT2D eigenvalue weighted by molar-refractivity contribution is 7.99. The molecule has 0 saturated heterocycles. The number of aromatic nitrogens is 1. The lowest BCUT2D eigenvalue weighted by Crippen LogP contribution is -2.36. The molecule has 1 aliphatic rings. The third kappa shape index (κ3) is 3.72. The van der Waals surface area contributed by atoms with Crippen LogP contribution in [0, 0.1) is 21.4 Å². The van der Waals surface area contributed by atoms with Crippen molar-refractivity contribution in [3.05, 3.63) is 75.3 Å². The SMILES string of the molecule is CC(C)(C)OC(=O)n1c2c(c3ccccc31)[C@H](O)[C@H]([N+](=O)[O-])[C@@H](c1ccc(C#N)cc1)S2. The lowest BCUT2D eigenvalue weighted by molar-refractivity contribution is -0.536. The van der Waals surface area contributed by atoms with Crippen LogP contribution < -0.4 is 0 Å². The second kappa shape index (κ2) is 7.97. The van der Waals surface area contributed by atoms with Crippen molar-refractivity contribution < 1.29 is 19.6 Å². The molecule has 9 heteroatoms. The number of aliphatic hydroxyl groups is 1. The summed E-state index contributed by atoms with van der Waals surface area (Å²) >= 11 is 1.15. The number of nitro groups is 1. The van der Waals surface area contributed by atoms with E-state index in [0.29, 0.717) is 32.6 Å². The molecule has 4 rings (SSSR count). The average Bonchev–Trinajstić information content (AvgIpc) is 3.06. The quantitative estimate of drug-likeness (QED) is 0.438. The number of nitrogens with zero attached hydrogens (tertiary/aromatic N) is 3. The van der Waals surface area contributed by atoms with Crippen molar-refractivity contribution in [2.24, 2.45) is 0 Å². The van der Waals surface area contributed by atoms with Crippen LogP contribution in [-0.4, -0.2) is 32.3 Å². The van der Waals surface area contributed by atoms with E-state index in [9.17, 15) is 20.0 Å². The number of fused-ring (bicyclic) bond motifs is 3.